The lowest BCUT2D eigenvalue weighted by Crippen LogP contribution is -2.11. The second-order valence-corrected chi connectivity index (χ2v) is 6.26. The number of nitrogens with zero attached hydrogens (tertiary/aromatic N) is 1. The molecular formula is C23H18N2O2. The van der Waals surface area contributed by atoms with Gasteiger partial charge in [-0.05, 0) is 47.0 Å². The largest absolute Gasteiger partial charge is 0.392 e. The van der Waals surface area contributed by atoms with Gasteiger partial charge in [-0.3, -0.25) is 9.78 Å². The summed E-state index contributed by atoms with van der Waals surface area (Å²) < 4.78 is 0. The first kappa shape index (κ1) is 16.9. The zero-order chi connectivity index (χ0) is 18.6. The summed E-state index contributed by atoms with van der Waals surface area (Å²) in [7, 11) is 0. The quantitative estimate of drug-likeness (QED) is 0.561. The van der Waals surface area contributed by atoms with E-state index >= 15 is 0 Å². The first-order valence-electron chi connectivity index (χ1n) is 8.70. The number of carbonyl (C=O) groups is 1. The summed E-state index contributed by atoms with van der Waals surface area (Å²) in [6, 6.07) is 24.6. The van der Waals surface area contributed by atoms with E-state index in [1.807, 2.05) is 66.7 Å². The maximum atomic E-state index is 12.5. The molecule has 0 fully saturated rings. The van der Waals surface area contributed by atoms with Gasteiger partial charge in [0, 0.05) is 22.8 Å². The highest BCUT2D eigenvalue weighted by atomic mass is 16.3. The molecule has 0 saturated carbocycles. The summed E-state index contributed by atoms with van der Waals surface area (Å²) in [6.07, 6.45) is 1.73. The van der Waals surface area contributed by atoms with Gasteiger partial charge in [-0.15, -0.1) is 0 Å². The average molecular weight is 354 g/mol. The third-order valence-electron chi connectivity index (χ3n) is 4.51. The fraction of sp³-hybridized carbons (Fsp3) is 0.0435. The van der Waals surface area contributed by atoms with Gasteiger partial charge in [-0.1, -0.05) is 48.5 Å². The maximum Gasteiger partial charge on any atom is 0.255 e. The minimum atomic E-state index is -0.174. The van der Waals surface area contributed by atoms with Crippen molar-refractivity contribution < 1.29 is 9.90 Å². The van der Waals surface area contributed by atoms with E-state index in [1.165, 1.54) is 0 Å². The fourth-order valence-corrected chi connectivity index (χ4v) is 3.09. The van der Waals surface area contributed by atoms with Gasteiger partial charge in [0.25, 0.3) is 5.91 Å². The molecule has 2 N–H and O–H groups in total. The van der Waals surface area contributed by atoms with Crippen molar-refractivity contribution in [1.29, 1.82) is 0 Å². The molecule has 0 atom stereocenters. The molecule has 0 aliphatic heterocycles. The predicted molar refractivity (Wildman–Crippen MR) is 107 cm³/mol. The van der Waals surface area contributed by atoms with Gasteiger partial charge in [0.15, 0.2) is 0 Å². The number of pyridine rings is 1. The Morgan fingerprint density at radius 1 is 0.926 bits per heavy atom. The molecule has 0 aliphatic rings. The monoisotopic (exact) mass is 354 g/mol. The third kappa shape index (κ3) is 3.57. The van der Waals surface area contributed by atoms with E-state index in [4.69, 9.17) is 0 Å². The zero-order valence-corrected chi connectivity index (χ0v) is 14.6. The summed E-state index contributed by atoms with van der Waals surface area (Å²) in [5.74, 6) is -0.174. The zero-order valence-electron chi connectivity index (χ0n) is 14.6. The fourth-order valence-electron chi connectivity index (χ4n) is 3.09. The van der Waals surface area contributed by atoms with Crippen molar-refractivity contribution in [2.24, 2.45) is 0 Å². The highest BCUT2D eigenvalue weighted by molar-refractivity contribution is 6.05. The van der Waals surface area contributed by atoms with Crippen LogP contribution in [0.5, 0.6) is 0 Å². The molecule has 0 saturated heterocycles. The van der Waals surface area contributed by atoms with Crippen LogP contribution in [0.2, 0.25) is 0 Å². The molecule has 132 valence electrons. The van der Waals surface area contributed by atoms with Crippen molar-refractivity contribution in [3.8, 4) is 11.1 Å². The SMILES string of the molecule is O=C(Nc1ccc2cccnc2c1)c1ccc(-c2ccccc2CO)cc1. The summed E-state index contributed by atoms with van der Waals surface area (Å²) >= 11 is 0. The van der Waals surface area contributed by atoms with Gasteiger partial charge in [0.1, 0.15) is 0 Å². The molecule has 0 bridgehead atoms. The normalized spacial score (nSPS) is 10.7. The van der Waals surface area contributed by atoms with Crippen LogP contribution < -0.4 is 5.32 Å². The van der Waals surface area contributed by atoms with Crippen LogP contribution in [-0.4, -0.2) is 16.0 Å². The number of aromatic nitrogens is 1. The van der Waals surface area contributed by atoms with E-state index in [0.29, 0.717) is 11.3 Å². The van der Waals surface area contributed by atoms with Crippen molar-refractivity contribution in [3.05, 3.63) is 96.2 Å². The number of aliphatic hydroxyl groups excluding tert-OH is 1. The molecule has 4 rings (SSSR count). The molecule has 27 heavy (non-hydrogen) atoms. The van der Waals surface area contributed by atoms with Crippen LogP contribution in [0.3, 0.4) is 0 Å². The Kier molecular flexibility index (Phi) is 4.64. The Hall–Kier alpha value is -3.50. The number of amides is 1. The molecule has 0 unspecified atom stereocenters. The lowest BCUT2D eigenvalue weighted by Gasteiger charge is -2.09. The minimum absolute atomic E-state index is 0.0194. The van der Waals surface area contributed by atoms with Crippen molar-refractivity contribution in [1.82, 2.24) is 4.98 Å². The Morgan fingerprint density at radius 2 is 1.74 bits per heavy atom. The highest BCUT2D eigenvalue weighted by Crippen LogP contribution is 2.24. The molecule has 4 nitrogen and oxygen atoms in total. The van der Waals surface area contributed by atoms with E-state index in [1.54, 1.807) is 18.3 Å². The van der Waals surface area contributed by atoms with Crippen molar-refractivity contribution in [2.45, 2.75) is 6.61 Å². The minimum Gasteiger partial charge on any atom is -0.392 e. The second kappa shape index (κ2) is 7.40. The number of hydrogen-bond donors (Lipinski definition) is 2. The first-order valence-corrected chi connectivity index (χ1v) is 8.70. The van der Waals surface area contributed by atoms with Crippen LogP contribution >= 0.6 is 0 Å². The molecule has 1 amide bonds. The van der Waals surface area contributed by atoms with Gasteiger partial charge in [-0.25, -0.2) is 0 Å². The number of carbonyl (C=O) groups excluding carboxylic acids is 1. The molecular weight excluding hydrogens is 336 g/mol. The summed E-state index contributed by atoms with van der Waals surface area (Å²) in [4.78, 5) is 16.9. The van der Waals surface area contributed by atoms with E-state index in [2.05, 4.69) is 10.3 Å². The summed E-state index contributed by atoms with van der Waals surface area (Å²) in [5, 5.41) is 13.4. The molecule has 0 spiro atoms. The van der Waals surface area contributed by atoms with Crippen molar-refractivity contribution >= 4 is 22.5 Å². The number of hydrogen-bond acceptors (Lipinski definition) is 3. The predicted octanol–water partition coefficient (Wildman–Crippen LogP) is 4.65. The van der Waals surface area contributed by atoms with Crippen LogP contribution in [0, 0.1) is 0 Å². The lowest BCUT2D eigenvalue weighted by molar-refractivity contribution is 0.102. The molecule has 0 radical (unpaired) electrons. The van der Waals surface area contributed by atoms with Crippen LogP contribution in [-0.2, 0) is 6.61 Å². The van der Waals surface area contributed by atoms with Crippen LogP contribution in [0.15, 0.2) is 85.1 Å². The lowest BCUT2D eigenvalue weighted by atomic mass is 9.99. The molecule has 0 aliphatic carbocycles. The number of fused-ring (bicyclic) bond motifs is 1. The number of benzene rings is 3. The van der Waals surface area contributed by atoms with E-state index in [0.717, 1.165) is 27.6 Å². The smallest absolute Gasteiger partial charge is 0.255 e. The molecule has 3 aromatic carbocycles. The van der Waals surface area contributed by atoms with Gasteiger partial charge in [0.2, 0.25) is 0 Å². The Morgan fingerprint density at radius 3 is 2.56 bits per heavy atom. The number of anilines is 1. The van der Waals surface area contributed by atoms with E-state index in [9.17, 15) is 9.90 Å². The Bertz CT molecular complexity index is 1100. The van der Waals surface area contributed by atoms with E-state index in [-0.39, 0.29) is 12.5 Å². The van der Waals surface area contributed by atoms with Gasteiger partial charge in [-0.2, -0.15) is 0 Å². The third-order valence-corrected chi connectivity index (χ3v) is 4.51. The highest BCUT2D eigenvalue weighted by Gasteiger charge is 2.09. The van der Waals surface area contributed by atoms with Gasteiger partial charge >= 0.3 is 0 Å². The summed E-state index contributed by atoms with van der Waals surface area (Å²) in [6.45, 7) is -0.0194. The molecule has 1 heterocycles. The van der Waals surface area contributed by atoms with Gasteiger partial charge < -0.3 is 10.4 Å². The Labute approximate surface area is 157 Å². The average Bonchev–Trinajstić information content (AvgIpc) is 2.73. The van der Waals surface area contributed by atoms with Crippen molar-refractivity contribution in [3.63, 3.8) is 0 Å². The van der Waals surface area contributed by atoms with Crippen LogP contribution in [0.4, 0.5) is 5.69 Å². The van der Waals surface area contributed by atoms with E-state index < -0.39 is 0 Å². The topological polar surface area (TPSA) is 62.2 Å². The Balaban J connectivity index is 1.55. The first-order chi connectivity index (χ1) is 13.2. The van der Waals surface area contributed by atoms with Crippen LogP contribution in [0.25, 0.3) is 22.0 Å². The maximum absolute atomic E-state index is 12.5. The second-order valence-electron chi connectivity index (χ2n) is 6.26. The molecule has 1 aromatic heterocycles. The van der Waals surface area contributed by atoms with Gasteiger partial charge in [0.05, 0.1) is 12.1 Å². The molecule has 4 aromatic rings. The summed E-state index contributed by atoms with van der Waals surface area (Å²) in [5.41, 5.74) is 4.91. The van der Waals surface area contributed by atoms with Crippen LogP contribution in [0.1, 0.15) is 15.9 Å². The van der Waals surface area contributed by atoms with Crippen molar-refractivity contribution in [2.75, 3.05) is 5.32 Å². The number of nitrogens with one attached hydrogen (secondary N) is 1. The molecule has 4 heteroatoms. The number of aliphatic hydroxyl groups is 1. The number of rotatable bonds is 4. The standard InChI is InChI=1S/C23H18N2O2/c26-15-19-4-1-2-6-21(19)16-7-9-18(10-8-16)23(27)25-20-12-11-17-5-3-13-24-22(17)14-20/h1-14,26H,15H2,(H,25,27).